The summed E-state index contributed by atoms with van der Waals surface area (Å²) >= 11 is 1.36. The maximum atomic E-state index is 11.8. The van der Waals surface area contributed by atoms with Crippen LogP contribution in [-0.4, -0.2) is 43.1 Å². The SMILES string of the molecule is CCOCCCNC(=O)Nc1nnc(Cc2cccc(OC)c2)s1. The molecule has 2 N–H and O–H groups in total. The molecule has 8 heteroatoms. The maximum Gasteiger partial charge on any atom is 0.321 e. The first kappa shape index (κ1) is 18.2. The van der Waals surface area contributed by atoms with Crippen LogP contribution in [0.4, 0.5) is 9.93 Å². The smallest absolute Gasteiger partial charge is 0.321 e. The standard InChI is InChI=1S/C16H22N4O3S/c1-3-23-9-5-8-17-15(21)18-16-20-19-14(24-16)11-12-6-4-7-13(10-12)22-2/h4,6-7,10H,3,5,8-9,11H2,1-2H3,(H2,17,18,20,21). The van der Waals surface area contributed by atoms with E-state index in [0.717, 1.165) is 22.7 Å². The van der Waals surface area contributed by atoms with E-state index in [0.29, 0.717) is 31.3 Å². The monoisotopic (exact) mass is 350 g/mol. The van der Waals surface area contributed by atoms with E-state index in [4.69, 9.17) is 9.47 Å². The highest BCUT2D eigenvalue weighted by Gasteiger charge is 2.08. The van der Waals surface area contributed by atoms with Gasteiger partial charge in [0.2, 0.25) is 5.13 Å². The van der Waals surface area contributed by atoms with E-state index in [1.165, 1.54) is 11.3 Å². The zero-order valence-electron chi connectivity index (χ0n) is 13.9. The summed E-state index contributed by atoms with van der Waals surface area (Å²) in [5, 5.41) is 14.9. The first-order chi connectivity index (χ1) is 11.7. The molecule has 2 aromatic rings. The Morgan fingerprint density at radius 3 is 3.00 bits per heavy atom. The van der Waals surface area contributed by atoms with Gasteiger partial charge in [-0.1, -0.05) is 23.5 Å². The summed E-state index contributed by atoms with van der Waals surface area (Å²) in [7, 11) is 1.64. The molecule has 0 aliphatic heterocycles. The number of methoxy groups -OCH3 is 1. The fourth-order valence-corrected chi connectivity index (χ4v) is 2.76. The van der Waals surface area contributed by atoms with Gasteiger partial charge in [-0.3, -0.25) is 5.32 Å². The number of nitrogens with zero attached hydrogens (tertiary/aromatic N) is 2. The summed E-state index contributed by atoms with van der Waals surface area (Å²) in [5.74, 6) is 0.807. The molecule has 0 spiro atoms. The Labute approximate surface area is 145 Å². The highest BCUT2D eigenvalue weighted by atomic mass is 32.1. The van der Waals surface area contributed by atoms with Gasteiger partial charge >= 0.3 is 6.03 Å². The normalized spacial score (nSPS) is 10.4. The number of hydrogen-bond donors (Lipinski definition) is 2. The van der Waals surface area contributed by atoms with Gasteiger partial charge in [-0.2, -0.15) is 0 Å². The van der Waals surface area contributed by atoms with Gasteiger partial charge in [0, 0.05) is 26.2 Å². The van der Waals surface area contributed by atoms with E-state index in [1.807, 2.05) is 31.2 Å². The summed E-state index contributed by atoms with van der Waals surface area (Å²) in [4.78, 5) is 11.8. The van der Waals surface area contributed by atoms with E-state index in [1.54, 1.807) is 7.11 Å². The number of carbonyl (C=O) groups is 1. The number of aromatic nitrogens is 2. The third kappa shape index (κ3) is 6.13. The largest absolute Gasteiger partial charge is 0.497 e. The third-order valence-electron chi connectivity index (χ3n) is 3.13. The van der Waals surface area contributed by atoms with Crippen molar-refractivity contribution in [2.75, 3.05) is 32.2 Å². The van der Waals surface area contributed by atoms with Crippen LogP contribution in [0.5, 0.6) is 5.75 Å². The fraction of sp³-hybridized carbons (Fsp3) is 0.438. The zero-order valence-corrected chi connectivity index (χ0v) is 14.7. The van der Waals surface area contributed by atoms with Gasteiger partial charge in [-0.25, -0.2) is 4.79 Å². The molecule has 0 unspecified atom stereocenters. The van der Waals surface area contributed by atoms with Crippen LogP contribution in [0.2, 0.25) is 0 Å². The first-order valence-corrected chi connectivity index (χ1v) is 8.60. The van der Waals surface area contributed by atoms with Gasteiger partial charge in [0.05, 0.1) is 7.11 Å². The number of carbonyl (C=O) groups excluding carboxylic acids is 1. The van der Waals surface area contributed by atoms with Gasteiger partial charge < -0.3 is 14.8 Å². The Bertz CT molecular complexity index is 648. The number of nitrogens with one attached hydrogen (secondary N) is 2. The molecule has 130 valence electrons. The summed E-state index contributed by atoms with van der Waals surface area (Å²) in [5.41, 5.74) is 1.08. The van der Waals surface area contributed by atoms with E-state index in [2.05, 4.69) is 20.8 Å². The summed E-state index contributed by atoms with van der Waals surface area (Å²) in [6, 6.07) is 7.51. The summed E-state index contributed by atoms with van der Waals surface area (Å²) in [6.45, 7) is 3.83. The molecule has 0 radical (unpaired) electrons. The molecule has 1 heterocycles. The molecule has 0 bridgehead atoms. The highest BCUT2D eigenvalue weighted by Crippen LogP contribution is 2.20. The van der Waals surface area contributed by atoms with Gasteiger partial charge in [-0.15, -0.1) is 10.2 Å². The molecular weight excluding hydrogens is 328 g/mol. The topological polar surface area (TPSA) is 85.4 Å². The van der Waals surface area contributed by atoms with Crippen molar-refractivity contribution in [3.05, 3.63) is 34.8 Å². The molecular formula is C16H22N4O3S. The van der Waals surface area contributed by atoms with E-state index < -0.39 is 0 Å². The second kappa shape index (κ2) is 9.84. The second-order valence-corrected chi connectivity index (χ2v) is 6.02. The molecule has 7 nitrogen and oxygen atoms in total. The van der Waals surface area contributed by atoms with Gasteiger partial charge in [0.25, 0.3) is 0 Å². The van der Waals surface area contributed by atoms with E-state index in [-0.39, 0.29) is 6.03 Å². The Morgan fingerprint density at radius 1 is 1.33 bits per heavy atom. The third-order valence-corrected chi connectivity index (χ3v) is 3.97. The number of amides is 2. The molecule has 0 aliphatic carbocycles. The highest BCUT2D eigenvalue weighted by molar-refractivity contribution is 7.15. The average Bonchev–Trinajstić information content (AvgIpc) is 3.01. The Kier molecular flexibility index (Phi) is 7.44. The van der Waals surface area contributed by atoms with E-state index in [9.17, 15) is 4.79 Å². The van der Waals surface area contributed by atoms with E-state index >= 15 is 0 Å². The molecule has 24 heavy (non-hydrogen) atoms. The molecule has 0 saturated carbocycles. The predicted molar refractivity (Wildman–Crippen MR) is 93.8 cm³/mol. The molecule has 1 aromatic carbocycles. The van der Waals surface area contributed by atoms with Crippen molar-refractivity contribution in [2.24, 2.45) is 0 Å². The molecule has 0 atom stereocenters. The van der Waals surface area contributed by atoms with Crippen LogP contribution >= 0.6 is 11.3 Å². The second-order valence-electron chi connectivity index (χ2n) is 4.96. The van der Waals surface area contributed by atoms with Gasteiger partial charge in [-0.05, 0) is 31.0 Å². The molecule has 0 aliphatic rings. The minimum Gasteiger partial charge on any atom is -0.497 e. The van der Waals surface area contributed by atoms with Crippen LogP contribution in [0, 0.1) is 0 Å². The van der Waals surface area contributed by atoms with Crippen LogP contribution in [0.3, 0.4) is 0 Å². The van der Waals surface area contributed by atoms with Crippen molar-refractivity contribution in [2.45, 2.75) is 19.8 Å². The maximum absolute atomic E-state index is 11.8. The van der Waals surface area contributed by atoms with Crippen molar-refractivity contribution in [3.63, 3.8) is 0 Å². The lowest BCUT2D eigenvalue weighted by Crippen LogP contribution is -2.30. The Morgan fingerprint density at radius 2 is 2.21 bits per heavy atom. The number of anilines is 1. The minimum absolute atomic E-state index is 0.282. The summed E-state index contributed by atoms with van der Waals surface area (Å²) in [6.07, 6.45) is 1.42. The number of benzene rings is 1. The number of rotatable bonds is 9. The lowest BCUT2D eigenvalue weighted by atomic mass is 10.1. The Hall–Kier alpha value is -2.19. The van der Waals surface area contributed by atoms with Crippen molar-refractivity contribution in [1.29, 1.82) is 0 Å². The van der Waals surface area contributed by atoms with Crippen LogP contribution < -0.4 is 15.4 Å². The van der Waals surface area contributed by atoms with Crippen molar-refractivity contribution in [3.8, 4) is 5.75 Å². The Balaban J connectivity index is 1.79. The van der Waals surface area contributed by atoms with Crippen LogP contribution in [0.1, 0.15) is 23.9 Å². The minimum atomic E-state index is -0.282. The quantitative estimate of drug-likeness (QED) is 0.679. The number of ether oxygens (including phenoxy) is 2. The van der Waals surface area contributed by atoms with Gasteiger partial charge in [0.15, 0.2) is 0 Å². The summed E-state index contributed by atoms with van der Waals surface area (Å²) < 4.78 is 10.4. The van der Waals surface area contributed by atoms with Crippen LogP contribution in [0.25, 0.3) is 0 Å². The molecule has 0 saturated heterocycles. The van der Waals surface area contributed by atoms with Crippen molar-refractivity contribution >= 4 is 22.5 Å². The average molecular weight is 350 g/mol. The van der Waals surface area contributed by atoms with Crippen LogP contribution in [0.15, 0.2) is 24.3 Å². The molecule has 2 amide bonds. The number of hydrogen-bond acceptors (Lipinski definition) is 6. The predicted octanol–water partition coefficient (Wildman–Crippen LogP) is 2.69. The molecule has 1 aromatic heterocycles. The lowest BCUT2D eigenvalue weighted by Gasteiger charge is -2.04. The fourth-order valence-electron chi connectivity index (χ4n) is 1.99. The molecule has 0 fully saturated rings. The van der Waals surface area contributed by atoms with Gasteiger partial charge in [0.1, 0.15) is 10.8 Å². The van der Waals surface area contributed by atoms with Crippen molar-refractivity contribution < 1.29 is 14.3 Å². The molecule has 2 rings (SSSR count). The first-order valence-electron chi connectivity index (χ1n) is 7.79. The lowest BCUT2D eigenvalue weighted by molar-refractivity contribution is 0.145. The zero-order chi connectivity index (χ0) is 17.2. The van der Waals surface area contributed by atoms with Crippen molar-refractivity contribution in [1.82, 2.24) is 15.5 Å². The number of urea groups is 1. The van der Waals surface area contributed by atoms with Crippen LogP contribution in [-0.2, 0) is 11.2 Å².